The number of nitrogens with zero attached hydrogens (tertiary/aromatic N) is 3. The summed E-state index contributed by atoms with van der Waals surface area (Å²) < 4.78 is 0.570. The van der Waals surface area contributed by atoms with Gasteiger partial charge in [-0.2, -0.15) is 0 Å². The summed E-state index contributed by atoms with van der Waals surface area (Å²) in [7, 11) is 1.69. The Morgan fingerprint density at radius 1 is 1.15 bits per heavy atom. The normalized spacial score (nSPS) is 18.2. The summed E-state index contributed by atoms with van der Waals surface area (Å²) in [6.07, 6.45) is 0.132. The number of benzene rings is 1. The lowest BCUT2D eigenvalue weighted by molar-refractivity contribution is -0.135. The number of anilines is 1. The maximum Gasteiger partial charge on any atom is 0.268 e. The highest BCUT2D eigenvalue weighted by molar-refractivity contribution is 7.17. The molecule has 1 fully saturated rings. The number of carbonyl (C=O) groups is 2. The Kier molecular flexibility index (Phi) is 5.59. The highest BCUT2D eigenvalue weighted by atomic mass is 32.1. The first kappa shape index (κ1) is 21.5. The quantitative estimate of drug-likeness (QED) is 0.468. The van der Waals surface area contributed by atoms with Crippen molar-refractivity contribution in [1.82, 2.24) is 14.9 Å². The SMILES string of the molecule is Cc1ccc(N2C(=O)C[C@H](C(=O)N(C)Cc3nc4ccsc4c(=O)[nH]3)[C@@H]2c2cccs2)cc1. The van der Waals surface area contributed by atoms with Crippen LogP contribution in [0.5, 0.6) is 0 Å². The molecular formula is C24H22N4O3S2. The van der Waals surface area contributed by atoms with E-state index < -0.39 is 5.92 Å². The smallest absolute Gasteiger partial charge is 0.268 e. The second-order valence-electron chi connectivity index (χ2n) is 8.21. The van der Waals surface area contributed by atoms with Crippen LogP contribution in [0.15, 0.2) is 58.0 Å². The molecule has 1 N–H and O–H groups in total. The molecule has 2 atom stereocenters. The van der Waals surface area contributed by atoms with Crippen molar-refractivity contribution >= 4 is 50.4 Å². The molecule has 3 aromatic heterocycles. The van der Waals surface area contributed by atoms with Crippen LogP contribution in [0, 0.1) is 12.8 Å². The van der Waals surface area contributed by atoms with E-state index in [4.69, 9.17) is 0 Å². The molecule has 1 aliphatic rings. The second kappa shape index (κ2) is 8.57. The van der Waals surface area contributed by atoms with Crippen LogP contribution in [-0.2, 0) is 16.1 Å². The summed E-state index contributed by atoms with van der Waals surface area (Å²) in [5, 5.41) is 3.78. The van der Waals surface area contributed by atoms with Crippen molar-refractivity contribution < 1.29 is 9.59 Å². The molecular weight excluding hydrogens is 456 g/mol. The van der Waals surface area contributed by atoms with Crippen LogP contribution in [-0.4, -0.2) is 33.7 Å². The average molecular weight is 479 g/mol. The van der Waals surface area contributed by atoms with Gasteiger partial charge in [-0.15, -0.1) is 22.7 Å². The van der Waals surface area contributed by atoms with Gasteiger partial charge in [0.25, 0.3) is 5.56 Å². The molecule has 168 valence electrons. The Balaban J connectivity index is 1.44. The highest BCUT2D eigenvalue weighted by Gasteiger charge is 2.46. The van der Waals surface area contributed by atoms with Crippen molar-refractivity contribution in [2.75, 3.05) is 11.9 Å². The van der Waals surface area contributed by atoms with Crippen LogP contribution < -0.4 is 10.5 Å². The summed E-state index contributed by atoms with van der Waals surface area (Å²) in [5.74, 6) is -0.326. The number of fused-ring (bicyclic) bond motifs is 1. The van der Waals surface area contributed by atoms with Gasteiger partial charge >= 0.3 is 0 Å². The predicted octanol–water partition coefficient (Wildman–Crippen LogP) is 4.11. The van der Waals surface area contributed by atoms with Gasteiger partial charge < -0.3 is 14.8 Å². The highest BCUT2D eigenvalue weighted by Crippen LogP contribution is 2.43. The summed E-state index contributed by atoms with van der Waals surface area (Å²) in [6, 6.07) is 13.1. The number of aromatic amines is 1. The zero-order chi connectivity index (χ0) is 23.1. The zero-order valence-corrected chi connectivity index (χ0v) is 19.8. The lowest BCUT2D eigenvalue weighted by atomic mass is 9.97. The van der Waals surface area contributed by atoms with Gasteiger partial charge in [-0.25, -0.2) is 4.98 Å². The van der Waals surface area contributed by atoms with Gasteiger partial charge in [-0.1, -0.05) is 23.8 Å². The molecule has 0 spiro atoms. The van der Waals surface area contributed by atoms with Gasteiger partial charge in [0.15, 0.2) is 0 Å². The van der Waals surface area contributed by atoms with E-state index in [0.29, 0.717) is 16.0 Å². The first-order chi connectivity index (χ1) is 15.9. The van der Waals surface area contributed by atoms with Crippen LogP contribution in [0.4, 0.5) is 5.69 Å². The molecule has 5 rings (SSSR count). The van der Waals surface area contributed by atoms with E-state index >= 15 is 0 Å². The zero-order valence-electron chi connectivity index (χ0n) is 18.1. The molecule has 7 nitrogen and oxygen atoms in total. The van der Waals surface area contributed by atoms with E-state index in [1.807, 2.05) is 54.1 Å². The number of thiophene rings is 2. The van der Waals surface area contributed by atoms with Crippen LogP contribution in [0.3, 0.4) is 0 Å². The van der Waals surface area contributed by atoms with Gasteiger partial charge in [0.2, 0.25) is 11.8 Å². The van der Waals surface area contributed by atoms with Gasteiger partial charge in [-0.05, 0) is 41.9 Å². The molecule has 4 heterocycles. The van der Waals surface area contributed by atoms with E-state index in [-0.39, 0.29) is 36.4 Å². The number of rotatable bonds is 5. The molecule has 33 heavy (non-hydrogen) atoms. The van der Waals surface area contributed by atoms with Crippen molar-refractivity contribution in [2.24, 2.45) is 5.92 Å². The minimum Gasteiger partial charge on any atom is -0.338 e. The van der Waals surface area contributed by atoms with Crippen LogP contribution in [0.25, 0.3) is 10.2 Å². The van der Waals surface area contributed by atoms with E-state index in [0.717, 1.165) is 16.1 Å². The van der Waals surface area contributed by atoms with Gasteiger partial charge in [0, 0.05) is 24.0 Å². The number of H-pyrrole nitrogens is 1. The fraction of sp³-hybridized carbons (Fsp3) is 0.250. The number of aromatic nitrogens is 2. The van der Waals surface area contributed by atoms with Crippen molar-refractivity contribution in [3.8, 4) is 0 Å². The molecule has 0 aliphatic carbocycles. The minimum absolute atomic E-state index is 0.0739. The second-order valence-corrected chi connectivity index (χ2v) is 10.1. The Labute approximate surface area is 198 Å². The van der Waals surface area contributed by atoms with E-state index in [9.17, 15) is 14.4 Å². The summed E-state index contributed by atoms with van der Waals surface area (Å²) >= 11 is 2.88. The van der Waals surface area contributed by atoms with Crippen molar-refractivity contribution in [3.63, 3.8) is 0 Å². The Hall–Kier alpha value is -3.30. The molecule has 0 bridgehead atoms. The van der Waals surface area contributed by atoms with Gasteiger partial charge in [0.05, 0.1) is 24.0 Å². The topological polar surface area (TPSA) is 86.4 Å². The van der Waals surface area contributed by atoms with E-state index in [2.05, 4.69) is 9.97 Å². The van der Waals surface area contributed by atoms with Crippen LogP contribution in [0.1, 0.15) is 28.7 Å². The van der Waals surface area contributed by atoms with Gasteiger partial charge in [-0.3, -0.25) is 14.4 Å². The maximum atomic E-state index is 13.6. The Morgan fingerprint density at radius 2 is 1.94 bits per heavy atom. The molecule has 0 saturated carbocycles. The molecule has 1 saturated heterocycles. The number of hydrogen-bond donors (Lipinski definition) is 1. The van der Waals surface area contributed by atoms with Gasteiger partial charge in [0.1, 0.15) is 10.5 Å². The van der Waals surface area contributed by atoms with Crippen molar-refractivity contribution in [1.29, 1.82) is 0 Å². The first-order valence-corrected chi connectivity index (χ1v) is 12.3. The standard InChI is InChI=1S/C24H22N4O3S2/c1-14-5-7-15(8-6-14)28-20(29)12-16(21(28)18-4-3-10-32-18)24(31)27(2)13-19-25-17-9-11-33-22(17)23(30)26-19/h3-11,16,21H,12-13H2,1-2H3,(H,25,26,30)/t16-,21+/m0/s1. The lowest BCUT2D eigenvalue weighted by Gasteiger charge is -2.29. The number of carbonyl (C=O) groups excluding carboxylic acids is 2. The third-order valence-electron chi connectivity index (χ3n) is 5.91. The molecule has 1 aromatic carbocycles. The largest absolute Gasteiger partial charge is 0.338 e. The van der Waals surface area contributed by atoms with E-state index in [1.54, 1.807) is 34.3 Å². The van der Waals surface area contributed by atoms with Crippen LogP contribution in [0.2, 0.25) is 0 Å². The predicted molar refractivity (Wildman–Crippen MR) is 131 cm³/mol. The summed E-state index contributed by atoms with van der Waals surface area (Å²) in [4.78, 5) is 50.5. The lowest BCUT2D eigenvalue weighted by Crippen LogP contribution is -2.37. The Bertz CT molecular complexity index is 1370. The molecule has 2 amide bonds. The number of hydrogen-bond acceptors (Lipinski definition) is 6. The third-order valence-corrected chi connectivity index (χ3v) is 7.76. The monoisotopic (exact) mass is 478 g/mol. The number of nitrogens with one attached hydrogen (secondary N) is 1. The Morgan fingerprint density at radius 3 is 2.67 bits per heavy atom. The maximum absolute atomic E-state index is 13.6. The van der Waals surface area contributed by atoms with Crippen molar-refractivity contribution in [3.05, 3.63) is 79.8 Å². The number of amides is 2. The first-order valence-electron chi connectivity index (χ1n) is 10.6. The van der Waals surface area contributed by atoms with E-state index in [1.165, 1.54) is 11.3 Å². The molecule has 0 radical (unpaired) electrons. The molecule has 1 aliphatic heterocycles. The summed E-state index contributed by atoms with van der Waals surface area (Å²) in [6.45, 7) is 2.16. The van der Waals surface area contributed by atoms with Crippen molar-refractivity contribution in [2.45, 2.75) is 25.9 Å². The fourth-order valence-electron chi connectivity index (χ4n) is 4.33. The molecule has 9 heteroatoms. The number of aryl methyl sites for hydroxylation is 1. The average Bonchev–Trinajstić information content (AvgIpc) is 3.53. The third kappa shape index (κ3) is 3.98. The summed E-state index contributed by atoms with van der Waals surface area (Å²) in [5.41, 5.74) is 2.31. The molecule has 4 aromatic rings. The fourth-order valence-corrected chi connectivity index (χ4v) is 5.94. The minimum atomic E-state index is -0.529. The van der Waals surface area contributed by atoms with Crippen LogP contribution >= 0.6 is 22.7 Å². The molecule has 0 unspecified atom stereocenters.